The van der Waals surface area contributed by atoms with Gasteiger partial charge >= 0.3 is 0 Å². The number of aromatic amines is 1. The van der Waals surface area contributed by atoms with Crippen LogP contribution in [-0.4, -0.2) is 34.8 Å². The first kappa shape index (κ1) is 21.5. The van der Waals surface area contributed by atoms with Gasteiger partial charge in [-0.05, 0) is 24.6 Å². The maximum Gasteiger partial charge on any atom is 0.275 e. The molecule has 0 saturated carbocycles. The highest BCUT2D eigenvalue weighted by molar-refractivity contribution is 5.95. The van der Waals surface area contributed by atoms with Crippen LogP contribution in [0.4, 0.5) is 14.6 Å². The van der Waals surface area contributed by atoms with Gasteiger partial charge in [0.05, 0.1) is 12.1 Å². The highest BCUT2D eigenvalue weighted by Gasteiger charge is 2.23. The third kappa shape index (κ3) is 6.12. The molecular weight excluding hydrogens is 370 g/mol. The number of rotatable bonds is 7. The predicted octanol–water partition coefficient (Wildman–Crippen LogP) is 2.65. The summed E-state index contributed by atoms with van der Waals surface area (Å²) in [6.45, 7) is 7.78. The number of hydrogen-bond donors (Lipinski definition) is 3. The van der Waals surface area contributed by atoms with Crippen LogP contribution >= 0.6 is 0 Å². The molecule has 1 heterocycles. The van der Waals surface area contributed by atoms with E-state index in [1.165, 1.54) is 0 Å². The van der Waals surface area contributed by atoms with Crippen LogP contribution in [0.3, 0.4) is 0 Å². The molecule has 3 N–H and O–H groups in total. The maximum atomic E-state index is 13.2. The minimum Gasteiger partial charge on any atom is -0.350 e. The van der Waals surface area contributed by atoms with Gasteiger partial charge in [0.2, 0.25) is 12.1 Å². The number of anilines is 1. The van der Waals surface area contributed by atoms with Crippen molar-refractivity contribution in [2.75, 3.05) is 11.9 Å². The van der Waals surface area contributed by atoms with Crippen molar-refractivity contribution in [2.24, 2.45) is 0 Å². The summed E-state index contributed by atoms with van der Waals surface area (Å²) in [5.41, 5.74) is 0.703. The number of carbonyl (C=O) groups is 2. The number of nitrogens with one attached hydrogen (secondary N) is 3. The van der Waals surface area contributed by atoms with Crippen LogP contribution in [-0.2, 0) is 26.2 Å². The second-order valence-electron chi connectivity index (χ2n) is 7.26. The molecule has 1 unspecified atom stereocenters. The zero-order valence-corrected chi connectivity index (χ0v) is 16.2. The quantitative estimate of drug-likeness (QED) is 0.629. The molecule has 152 valence electrons. The van der Waals surface area contributed by atoms with Crippen LogP contribution < -0.4 is 10.6 Å². The summed E-state index contributed by atoms with van der Waals surface area (Å²) in [4.78, 5) is 24.6. The number of benzene rings is 1. The van der Waals surface area contributed by atoms with Gasteiger partial charge in [0, 0.05) is 24.2 Å². The topological polar surface area (TPSA) is 96.1 Å². The van der Waals surface area contributed by atoms with Crippen molar-refractivity contribution in [2.45, 2.75) is 45.8 Å². The third-order valence-electron chi connectivity index (χ3n) is 3.75. The fourth-order valence-electron chi connectivity index (χ4n) is 2.41. The molecule has 2 rings (SSSR count). The number of ether oxygens (including phenoxy) is 1. The lowest BCUT2D eigenvalue weighted by molar-refractivity contribution is -0.136. The van der Waals surface area contributed by atoms with E-state index in [-0.39, 0.29) is 24.0 Å². The molecule has 0 aliphatic heterocycles. The molecule has 0 radical (unpaired) electrons. The normalized spacial score (nSPS) is 12.5. The Kier molecular flexibility index (Phi) is 6.85. The Morgan fingerprint density at radius 2 is 1.82 bits per heavy atom. The van der Waals surface area contributed by atoms with Crippen molar-refractivity contribution in [3.05, 3.63) is 47.2 Å². The number of amides is 2. The molecule has 28 heavy (non-hydrogen) atoms. The van der Waals surface area contributed by atoms with E-state index in [0.717, 1.165) is 17.8 Å². The lowest BCUT2D eigenvalue weighted by atomic mass is 9.92. The van der Waals surface area contributed by atoms with Gasteiger partial charge in [-0.3, -0.25) is 14.7 Å². The van der Waals surface area contributed by atoms with Crippen LogP contribution in [0.5, 0.6) is 0 Å². The standard InChI is InChI=1S/C19H24F2N4O3/c1-5-28-18(17(27)22-15-10-14(24-25-15)19(2,3)4)23-16(26)8-11-6-12(20)9-13(21)7-11/h6-7,9-10,18H,5,8H2,1-4H3,(H,23,26)(H2,22,24,25,27). The van der Waals surface area contributed by atoms with Crippen molar-refractivity contribution in [1.82, 2.24) is 15.5 Å². The van der Waals surface area contributed by atoms with Crippen LogP contribution in [0.1, 0.15) is 39.0 Å². The fourth-order valence-corrected chi connectivity index (χ4v) is 2.41. The molecule has 2 amide bonds. The van der Waals surface area contributed by atoms with E-state index in [9.17, 15) is 18.4 Å². The van der Waals surface area contributed by atoms with Gasteiger partial charge in [0.25, 0.3) is 5.91 Å². The number of hydrogen-bond acceptors (Lipinski definition) is 4. The average molecular weight is 394 g/mol. The minimum absolute atomic E-state index is 0.147. The van der Waals surface area contributed by atoms with Crippen LogP contribution in [0.15, 0.2) is 24.3 Å². The number of aromatic nitrogens is 2. The largest absolute Gasteiger partial charge is 0.350 e. The number of carbonyl (C=O) groups excluding carboxylic acids is 2. The molecule has 0 aliphatic carbocycles. The van der Waals surface area contributed by atoms with Crippen molar-refractivity contribution in [1.29, 1.82) is 0 Å². The Balaban J connectivity index is 2.02. The molecule has 0 saturated heterocycles. The molecule has 0 fully saturated rings. The van der Waals surface area contributed by atoms with E-state index < -0.39 is 29.7 Å². The Morgan fingerprint density at radius 3 is 2.36 bits per heavy atom. The first-order valence-corrected chi connectivity index (χ1v) is 8.81. The van der Waals surface area contributed by atoms with E-state index >= 15 is 0 Å². The summed E-state index contributed by atoms with van der Waals surface area (Å²) < 4.78 is 31.8. The molecular formula is C19H24F2N4O3. The van der Waals surface area contributed by atoms with E-state index in [4.69, 9.17) is 4.74 Å². The average Bonchev–Trinajstić information content (AvgIpc) is 3.02. The summed E-state index contributed by atoms with van der Waals surface area (Å²) in [7, 11) is 0. The summed E-state index contributed by atoms with van der Waals surface area (Å²) in [6.07, 6.45) is -1.57. The highest BCUT2D eigenvalue weighted by Crippen LogP contribution is 2.22. The Hall–Kier alpha value is -2.81. The van der Waals surface area contributed by atoms with E-state index in [2.05, 4.69) is 20.8 Å². The summed E-state index contributed by atoms with van der Waals surface area (Å²) in [5, 5.41) is 11.9. The molecule has 7 nitrogen and oxygen atoms in total. The van der Waals surface area contributed by atoms with Gasteiger partial charge in [-0.15, -0.1) is 0 Å². The summed E-state index contributed by atoms with van der Waals surface area (Å²) in [6, 6.07) is 4.51. The Labute approximate surface area is 161 Å². The Morgan fingerprint density at radius 1 is 1.18 bits per heavy atom. The third-order valence-corrected chi connectivity index (χ3v) is 3.75. The van der Waals surface area contributed by atoms with Crippen LogP contribution in [0, 0.1) is 11.6 Å². The Bertz CT molecular complexity index is 826. The predicted molar refractivity (Wildman–Crippen MR) is 99.5 cm³/mol. The molecule has 0 bridgehead atoms. The molecule has 0 aliphatic rings. The van der Waals surface area contributed by atoms with Gasteiger partial charge in [-0.2, -0.15) is 5.10 Å². The number of nitrogens with zero attached hydrogens (tertiary/aromatic N) is 1. The van der Waals surface area contributed by atoms with Crippen molar-refractivity contribution >= 4 is 17.6 Å². The lowest BCUT2D eigenvalue weighted by Crippen LogP contribution is -2.46. The molecule has 9 heteroatoms. The zero-order valence-electron chi connectivity index (χ0n) is 16.2. The first-order chi connectivity index (χ1) is 13.1. The second-order valence-corrected chi connectivity index (χ2v) is 7.26. The number of H-pyrrole nitrogens is 1. The lowest BCUT2D eigenvalue weighted by Gasteiger charge is -2.18. The van der Waals surface area contributed by atoms with Gasteiger partial charge in [-0.1, -0.05) is 20.8 Å². The van der Waals surface area contributed by atoms with Crippen molar-refractivity contribution in [3.63, 3.8) is 0 Å². The molecule has 1 aromatic carbocycles. The molecule has 1 aromatic heterocycles. The van der Waals surface area contributed by atoms with Gasteiger partial charge in [0.1, 0.15) is 17.5 Å². The minimum atomic E-state index is -1.27. The van der Waals surface area contributed by atoms with E-state index in [1.807, 2.05) is 20.8 Å². The second kappa shape index (κ2) is 8.92. The summed E-state index contributed by atoms with van der Waals surface area (Å²) >= 11 is 0. The summed E-state index contributed by atoms with van der Waals surface area (Å²) in [5.74, 6) is -2.42. The monoisotopic (exact) mass is 394 g/mol. The first-order valence-electron chi connectivity index (χ1n) is 8.81. The fraction of sp³-hybridized carbons (Fsp3) is 0.421. The maximum absolute atomic E-state index is 13.2. The molecule has 2 aromatic rings. The smallest absolute Gasteiger partial charge is 0.275 e. The van der Waals surface area contributed by atoms with Gasteiger partial charge < -0.3 is 15.4 Å². The van der Waals surface area contributed by atoms with Gasteiger partial charge in [0.15, 0.2) is 0 Å². The molecule has 1 atom stereocenters. The SMILES string of the molecule is CCOC(NC(=O)Cc1cc(F)cc(F)c1)C(=O)Nc1cc(C(C)(C)C)n[nH]1. The van der Waals surface area contributed by atoms with E-state index in [0.29, 0.717) is 11.9 Å². The van der Waals surface area contributed by atoms with Crippen molar-refractivity contribution < 1.29 is 23.1 Å². The zero-order chi connectivity index (χ0) is 20.9. The van der Waals surface area contributed by atoms with E-state index in [1.54, 1.807) is 13.0 Å². The molecule has 0 spiro atoms. The number of halogens is 2. The van der Waals surface area contributed by atoms with Gasteiger partial charge in [-0.25, -0.2) is 8.78 Å². The van der Waals surface area contributed by atoms with Crippen molar-refractivity contribution in [3.8, 4) is 0 Å². The highest BCUT2D eigenvalue weighted by atomic mass is 19.1. The van der Waals surface area contributed by atoms with Crippen LogP contribution in [0.25, 0.3) is 0 Å². The van der Waals surface area contributed by atoms with Crippen LogP contribution in [0.2, 0.25) is 0 Å².